The highest BCUT2D eigenvalue weighted by molar-refractivity contribution is 5.81. The van der Waals surface area contributed by atoms with E-state index in [1.807, 2.05) is 6.07 Å². The lowest BCUT2D eigenvalue weighted by atomic mass is 9.90. The first kappa shape index (κ1) is 19.9. The van der Waals surface area contributed by atoms with E-state index in [2.05, 4.69) is 55.7 Å². The first-order valence-corrected chi connectivity index (χ1v) is 9.49. The Morgan fingerprint density at radius 3 is 2.52 bits per heavy atom. The van der Waals surface area contributed by atoms with Crippen LogP contribution in [-0.4, -0.2) is 36.7 Å². The van der Waals surface area contributed by atoms with Crippen LogP contribution >= 0.6 is 0 Å². The first-order chi connectivity index (χ1) is 12.0. The van der Waals surface area contributed by atoms with Gasteiger partial charge in [0.05, 0.1) is 6.10 Å². The molecular formula is C20H33N3O2. The van der Waals surface area contributed by atoms with E-state index in [4.69, 9.17) is 10.5 Å². The van der Waals surface area contributed by atoms with E-state index in [-0.39, 0.29) is 29.7 Å². The van der Waals surface area contributed by atoms with Gasteiger partial charge in [0.15, 0.2) is 0 Å². The molecule has 0 spiro atoms. The fourth-order valence-corrected chi connectivity index (χ4v) is 3.48. The number of carbonyl (C=O) groups excluding carboxylic acids is 1. The lowest BCUT2D eigenvalue weighted by Crippen LogP contribution is -2.54. The molecule has 1 fully saturated rings. The van der Waals surface area contributed by atoms with Crippen molar-refractivity contribution in [3.05, 3.63) is 35.9 Å². The number of ether oxygens (including phenoxy) is 1. The SMILES string of the molecule is CCC(CC)(CNC(=O)[C@@H]1CC[C@H](CN)O1)NC(C)c1ccccc1. The van der Waals surface area contributed by atoms with Gasteiger partial charge in [-0.25, -0.2) is 0 Å². The maximum Gasteiger partial charge on any atom is 0.249 e. The monoisotopic (exact) mass is 347 g/mol. The van der Waals surface area contributed by atoms with Crippen molar-refractivity contribution in [1.82, 2.24) is 10.6 Å². The minimum Gasteiger partial charge on any atom is -0.364 e. The molecule has 2 rings (SSSR count). The summed E-state index contributed by atoms with van der Waals surface area (Å²) in [5.41, 5.74) is 6.75. The summed E-state index contributed by atoms with van der Waals surface area (Å²) in [6.45, 7) is 7.58. The van der Waals surface area contributed by atoms with Crippen LogP contribution in [0.25, 0.3) is 0 Å². The van der Waals surface area contributed by atoms with Gasteiger partial charge in [-0.2, -0.15) is 0 Å². The molecule has 0 aliphatic carbocycles. The van der Waals surface area contributed by atoms with Crippen LogP contribution in [0.3, 0.4) is 0 Å². The molecule has 3 atom stereocenters. The Kier molecular flexibility index (Phi) is 7.41. The van der Waals surface area contributed by atoms with Crippen LogP contribution < -0.4 is 16.4 Å². The maximum atomic E-state index is 12.4. The second-order valence-corrected chi connectivity index (χ2v) is 7.04. The molecule has 25 heavy (non-hydrogen) atoms. The average molecular weight is 348 g/mol. The molecule has 5 heteroatoms. The molecule has 140 valence electrons. The summed E-state index contributed by atoms with van der Waals surface area (Å²) < 4.78 is 5.70. The third-order valence-corrected chi connectivity index (χ3v) is 5.44. The summed E-state index contributed by atoms with van der Waals surface area (Å²) in [4.78, 5) is 12.4. The first-order valence-electron chi connectivity index (χ1n) is 9.49. The Hall–Kier alpha value is -1.43. The molecule has 1 aliphatic heterocycles. The van der Waals surface area contributed by atoms with Crippen LogP contribution in [0.1, 0.15) is 58.1 Å². The molecule has 1 heterocycles. The highest BCUT2D eigenvalue weighted by Crippen LogP contribution is 2.23. The smallest absolute Gasteiger partial charge is 0.249 e. The van der Waals surface area contributed by atoms with Crippen LogP contribution in [0.2, 0.25) is 0 Å². The molecule has 1 aliphatic rings. The molecule has 0 radical (unpaired) electrons. The number of benzene rings is 1. The molecule has 5 nitrogen and oxygen atoms in total. The summed E-state index contributed by atoms with van der Waals surface area (Å²) in [5.74, 6) is -0.0172. The van der Waals surface area contributed by atoms with E-state index in [1.165, 1.54) is 5.56 Å². The van der Waals surface area contributed by atoms with Gasteiger partial charge in [-0.15, -0.1) is 0 Å². The number of amides is 1. The largest absolute Gasteiger partial charge is 0.364 e. The van der Waals surface area contributed by atoms with Crippen LogP contribution in [0.5, 0.6) is 0 Å². The normalized spacial score (nSPS) is 21.9. The zero-order chi connectivity index (χ0) is 18.3. The van der Waals surface area contributed by atoms with E-state index in [0.29, 0.717) is 13.1 Å². The predicted octanol–water partition coefficient (Wildman–Crippen LogP) is 2.52. The second-order valence-electron chi connectivity index (χ2n) is 7.04. The standard InChI is InChI=1S/C20H33N3O2/c1-4-20(5-2,23-15(3)16-9-7-6-8-10-16)14-22-19(24)18-12-11-17(13-21)25-18/h6-10,15,17-18,23H,4-5,11-14,21H2,1-3H3,(H,22,24)/t15?,17-,18+/m1/s1. The summed E-state index contributed by atoms with van der Waals surface area (Å²) in [5, 5.41) is 6.84. The van der Waals surface area contributed by atoms with E-state index < -0.39 is 0 Å². The number of nitrogens with one attached hydrogen (secondary N) is 2. The van der Waals surface area contributed by atoms with Crippen molar-refractivity contribution in [3.63, 3.8) is 0 Å². The van der Waals surface area contributed by atoms with Crippen molar-refractivity contribution in [2.75, 3.05) is 13.1 Å². The molecule has 1 unspecified atom stereocenters. The topological polar surface area (TPSA) is 76.4 Å². The molecule has 0 saturated carbocycles. The molecule has 0 aromatic heterocycles. The van der Waals surface area contributed by atoms with Crippen molar-refractivity contribution in [2.24, 2.45) is 5.73 Å². The quantitative estimate of drug-likeness (QED) is 0.641. The van der Waals surface area contributed by atoms with Crippen LogP contribution in [-0.2, 0) is 9.53 Å². The Bertz CT molecular complexity index is 531. The van der Waals surface area contributed by atoms with Crippen molar-refractivity contribution >= 4 is 5.91 Å². The van der Waals surface area contributed by atoms with Gasteiger partial charge in [0, 0.05) is 24.7 Å². The van der Waals surface area contributed by atoms with Gasteiger partial charge in [-0.3, -0.25) is 4.79 Å². The van der Waals surface area contributed by atoms with E-state index in [9.17, 15) is 4.79 Å². The van der Waals surface area contributed by atoms with Gasteiger partial charge in [0.1, 0.15) is 6.10 Å². The molecule has 0 bridgehead atoms. The Morgan fingerprint density at radius 1 is 1.28 bits per heavy atom. The Balaban J connectivity index is 1.93. The number of hydrogen-bond donors (Lipinski definition) is 3. The molecule has 1 saturated heterocycles. The lowest BCUT2D eigenvalue weighted by Gasteiger charge is -2.36. The minimum absolute atomic E-state index is 0.0172. The van der Waals surface area contributed by atoms with E-state index in [1.54, 1.807) is 0 Å². The van der Waals surface area contributed by atoms with Crippen LogP contribution in [0.4, 0.5) is 0 Å². The maximum absolute atomic E-state index is 12.4. The third kappa shape index (κ3) is 5.27. The van der Waals surface area contributed by atoms with Crippen molar-refractivity contribution < 1.29 is 9.53 Å². The minimum atomic E-state index is -0.355. The van der Waals surface area contributed by atoms with Crippen LogP contribution in [0.15, 0.2) is 30.3 Å². The lowest BCUT2D eigenvalue weighted by molar-refractivity contribution is -0.132. The number of nitrogens with two attached hydrogens (primary N) is 1. The molecule has 1 aromatic rings. The van der Waals surface area contributed by atoms with E-state index >= 15 is 0 Å². The average Bonchev–Trinajstić information content (AvgIpc) is 3.15. The van der Waals surface area contributed by atoms with Gasteiger partial charge < -0.3 is 21.1 Å². The second kappa shape index (κ2) is 9.32. The van der Waals surface area contributed by atoms with E-state index in [0.717, 1.165) is 25.7 Å². The molecular weight excluding hydrogens is 314 g/mol. The molecule has 4 N–H and O–H groups in total. The summed E-state index contributed by atoms with van der Waals surface area (Å²) >= 11 is 0. The van der Waals surface area contributed by atoms with Crippen LogP contribution in [0, 0.1) is 0 Å². The van der Waals surface area contributed by atoms with Crippen molar-refractivity contribution in [3.8, 4) is 0 Å². The summed E-state index contributed by atoms with van der Waals surface area (Å²) in [6, 6.07) is 10.6. The zero-order valence-corrected chi connectivity index (χ0v) is 15.8. The van der Waals surface area contributed by atoms with Gasteiger partial charge >= 0.3 is 0 Å². The van der Waals surface area contributed by atoms with Gasteiger partial charge in [0.2, 0.25) is 5.91 Å². The highest BCUT2D eigenvalue weighted by Gasteiger charge is 2.33. The number of carbonyl (C=O) groups is 1. The van der Waals surface area contributed by atoms with Gasteiger partial charge in [-0.1, -0.05) is 44.2 Å². The highest BCUT2D eigenvalue weighted by atomic mass is 16.5. The zero-order valence-electron chi connectivity index (χ0n) is 15.8. The number of rotatable bonds is 9. The molecule has 1 aromatic carbocycles. The fourth-order valence-electron chi connectivity index (χ4n) is 3.48. The van der Waals surface area contributed by atoms with Crippen molar-refractivity contribution in [2.45, 2.75) is 70.2 Å². The summed E-state index contributed by atoms with van der Waals surface area (Å²) in [6.07, 6.45) is 3.17. The predicted molar refractivity (Wildman–Crippen MR) is 101 cm³/mol. The Morgan fingerprint density at radius 2 is 1.96 bits per heavy atom. The van der Waals surface area contributed by atoms with Gasteiger partial charge in [-0.05, 0) is 38.2 Å². The Labute approximate surface area is 151 Å². The van der Waals surface area contributed by atoms with Crippen molar-refractivity contribution in [1.29, 1.82) is 0 Å². The third-order valence-electron chi connectivity index (χ3n) is 5.44. The summed E-state index contributed by atoms with van der Waals surface area (Å²) in [7, 11) is 0. The molecule has 1 amide bonds. The fraction of sp³-hybridized carbons (Fsp3) is 0.650. The number of hydrogen-bond acceptors (Lipinski definition) is 4. The van der Waals surface area contributed by atoms with Gasteiger partial charge in [0.25, 0.3) is 0 Å².